The molecule has 1 aliphatic rings. The van der Waals surface area contributed by atoms with Gasteiger partial charge in [-0.2, -0.15) is 0 Å². The largest absolute Gasteiger partial charge is 0.495 e. The van der Waals surface area contributed by atoms with Crippen LogP contribution in [-0.2, 0) is 11.2 Å². The predicted octanol–water partition coefficient (Wildman–Crippen LogP) is 3.29. The van der Waals surface area contributed by atoms with E-state index < -0.39 is 6.10 Å². The maximum absolute atomic E-state index is 12.2. The first-order valence-electron chi connectivity index (χ1n) is 6.56. The van der Waals surface area contributed by atoms with Crippen molar-refractivity contribution in [1.82, 2.24) is 0 Å². The molecule has 0 fully saturated rings. The lowest BCUT2D eigenvalue weighted by molar-refractivity contribution is -0.122. The standard InChI is InChI=1S/C16H14ClNO3/c1-20-14-7-6-11(9-12(14)17)18-16(19)15-8-10-4-2-3-5-13(10)21-15/h2-7,9,15H,8H2,1H3,(H,18,19). The van der Waals surface area contributed by atoms with Gasteiger partial charge in [-0.1, -0.05) is 29.8 Å². The summed E-state index contributed by atoms with van der Waals surface area (Å²) in [6, 6.07) is 12.8. The smallest absolute Gasteiger partial charge is 0.265 e. The number of ether oxygens (including phenoxy) is 2. The molecule has 3 rings (SSSR count). The van der Waals surface area contributed by atoms with Crippen LogP contribution in [0.1, 0.15) is 5.56 Å². The summed E-state index contributed by atoms with van der Waals surface area (Å²) in [6.07, 6.45) is 0.0644. The number of halogens is 1. The first-order valence-corrected chi connectivity index (χ1v) is 6.94. The lowest BCUT2D eigenvalue weighted by Gasteiger charge is -2.12. The van der Waals surface area contributed by atoms with Gasteiger partial charge in [0.15, 0.2) is 6.10 Å². The molecule has 1 unspecified atom stereocenters. The summed E-state index contributed by atoms with van der Waals surface area (Å²) in [5.74, 6) is 1.15. The number of fused-ring (bicyclic) bond motifs is 1. The Bertz CT molecular complexity index is 662. The quantitative estimate of drug-likeness (QED) is 0.946. The molecule has 4 nitrogen and oxygen atoms in total. The first kappa shape index (κ1) is 13.8. The second-order valence-corrected chi connectivity index (χ2v) is 5.16. The van der Waals surface area contributed by atoms with Crippen molar-refractivity contribution in [2.24, 2.45) is 0 Å². The molecule has 108 valence electrons. The number of para-hydroxylation sites is 1. The molecule has 0 saturated heterocycles. The van der Waals surface area contributed by atoms with Gasteiger partial charge in [0.25, 0.3) is 5.91 Å². The number of anilines is 1. The van der Waals surface area contributed by atoms with Gasteiger partial charge in [0.2, 0.25) is 0 Å². The molecule has 2 aromatic rings. The summed E-state index contributed by atoms with van der Waals surface area (Å²) in [7, 11) is 1.54. The van der Waals surface area contributed by atoms with Crippen LogP contribution >= 0.6 is 11.6 Å². The maximum Gasteiger partial charge on any atom is 0.265 e. The van der Waals surface area contributed by atoms with Crippen LogP contribution in [0.4, 0.5) is 5.69 Å². The van der Waals surface area contributed by atoms with Crippen molar-refractivity contribution in [3.63, 3.8) is 0 Å². The Morgan fingerprint density at radius 3 is 2.86 bits per heavy atom. The van der Waals surface area contributed by atoms with Gasteiger partial charge in [-0.3, -0.25) is 4.79 Å². The van der Waals surface area contributed by atoms with E-state index in [-0.39, 0.29) is 5.91 Å². The number of rotatable bonds is 3. The molecule has 0 aliphatic carbocycles. The van der Waals surface area contributed by atoms with E-state index in [1.807, 2.05) is 24.3 Å². The van der Waals surface area contributed by atoms with E-state index >= 15 is 0 Å². The Morgan fingerprint density at radius 2 is 2.14 bits per heavy atom. The average Bonchev–Trinajstić information content (AvgIpc) is 2.91. The van der Waals surface area contributed by atoms with Crippen LogP contribution < -0.4 is 14.8 Å². The van der Waals surface area contributed by atoms with Gasteiger partial charge < -0.3 is 14.8 Å². The highest BCUT2D eigenvalue weighted by Gasteiger charge is 2.28. The Labute approximate surface area is 127 Å². The number of carbonyl (C=O) groups excluding carboxylic acids is 1. The predicted molar refractivity (Wildman–Crippen MR) is 81.2 cm³/mol. The Morgan fingerprint density at radius 1 is 1.33 bits per heavy atom. The van der Waals surface area contributed by atoms with Crippen molar-refractivity contribution in [3.8, 4) is 11.5 Å². The van der Waals surface area contributed by atoms with Crippen molar-refractivity contribution >= 4 is 23.2 Å². The van der Waals surface area contributed by atoms with Gasteiger partial charge in [0.1, 0.15) is 11.5 Å². The molecule has 5 heteroatoms. The number of nitrogens with one attached hydrogen (secondary N) is 1. The van der Waals surface area contributed by atoms with Gasteiger partial charge in [-0.05, 0) is 29.8 Å². The fourth-order valence-corrected chi connectivity index (χ4v) is 2.55. The molecular formula is C16H14ClNO3. The second-order valence-electron chi connectivity index (χ2n) is 4.76. The van der Waals surface area contributed by atoms with E-state index in [4.69, 9.17) is 21.1 Å². The number of benzene rings is 2. The van der Waals surface area contributed by atoms with Crippen LogP contribution in [0.25, 0.3) is 0 Å². The molecule has 1 atom stereocenters. The monoisotopic (exact) mass is 303 g/mol. The molecule has 1 amide bonds. The molecule has 0 saturated carbocycles. The van der Waals surface area contributed by atoms with Crippen LogP contribution in [0.15, 0.2) is 42.5 Å². The van der Waals surface area contributed by atoms with E-state index in [0.717, 1.165) is 11.3 Å². The number of amides is 1. The highest BCUT2D eigenvalue weighted by molar-refractivity contribution is 6.32. The normalized spacial score (nSPS) is 16.0. The molecule has 0 bridgehead atoms. The Kier molecular flexibility index (Phi) is 3.71. The van der Waals surface area contributed by atoms with Crippen LogP contribution in [-0.4, -0.2) is 19.1 Å². The topological polar surface area (TPSA) is 47.6 Å². The zero-order valence-corrected chi connectivity index (χ0v) is 12.2. The minimum Gasteiger partial charge on any atom is -0.495 e. The molecule has 0 radical (unpaired) electrons. The van der Waals surface area contributed by atoms with Gasteiger partial charge in [-0.25, -0.2) is 0 Å². The summed E-state index contributed by atoms with van der Waals surface area (Å²) < 4.78 is 10.7. The van der Waals surface area contributed by atoms with E-state index in [1.165, 1.54) is 0 Å². The summed E-state index contributed by atoms with van der Waals surface area (Å²) in [5, 5.41) is 3.26. The van der Waals surface area contributed by atoms with Crippen LogP contribution in [0.3, 0.4) is 0 Å². The molecule has 1 heterocycles. The van der Waals surface area contributed by atoms with Gasteiger partial charge in [-0.15, -0.1) is 0 Å². The third-order valence-corrected chi connectivity index (χ3v) is 3.65. The van der Waals surface area contributed by atoms with Crippen molar-refractivity contribution in [2.75, 3.05) is 12.4 Å². The molecule has 1 N–H and O–H groups in total. The minimum absolute atomic E-state index is 0.188. The fourth-order valence-electron chi connectivity index (χ4n) is 2.30. The van der Waals surface area contributed by atoms with Gasteiger partial charge >= 0.3 is 0 Å². The highest BCUT2D eigenvalue weighted by atomic mass is 35.5. The van der Waals surface area contributed by atoms with Gasteiger partial charge in [0.05, 0.1) is 12.1 Å². The fraction of sp³-hybridized carbons (Fsp3) is 0.188. The maximum atomic E-state index is 12.2. The average molecular weight is 304 g/mol. The first-order chi connectivity index (χ1) is 10.2. The zero-order valence-electron chi connectivity index (χ0n) is 11.4. The van der Waals surface area contributed by atoms with Crippen LogP contribution in [0, 0.1) is 0 Å². The number of hydrogen-bond donors (Lipinski definition) is 1. The molecular weight excluding hydrogens is 290 g/mol. The SMILES string of the molecule is COc1ccc(NC(=O)C2Cc3ccccc3O2)cc1Cl. The van der Waals surface area contributed by atoms with E-state index in [2.05, 4.69) is 5.32 Å². The number of methoxy groups -OCH3 is 1. The third kappa shape index (κ3) is 2.81. The number of carbonyl (C=O) groups is 1. The van der Waals surface area contributed by atoms with Gasteiger partial charge in [0, 0.05) is 12.1 Å². The summed E-state index contributed by atoms with van der Waals surface area (Å²) in [6.45, 7) is 0. The van der Waals surface area contributed by atoms with Crippen LogP contribution in [0.2, 0.25) is 5.02 Å². The van der Waals surface area contributed by atoms with E-state index in [0.29, 0.717) is 22.9 Å². The second kappa shape index (κ2) is 5.66. The van der Waals surface area contributed by atoms with E-state index in [9.17, 15) is 4.79 Å². The van der Waals surface area contributed by atoms with E-state index in [1.54, 1.807) is 25.3 Å². The molecule has 0 spiro atoms. The van der Waals surface area contributed by atoms with Crippen molar-refractivity contribution in [1.29, 1.82) is 0 Å². The minimum atomic E-state index is -0.511. The zero-order chi connectivity index (χ0) is 14.8. The van der Waals surface area contributed by atoms with Crippen LogP contribution in [0.5, 0.6) is 11.5 Å². The van der Waals surface area contributed by atoms with Crippen molar-refractivity contribution in [3.05, 3.63) is 53.1 Å². The summed E-state index contributed by atoms with van der Waals surface area (Å²) in [4.78, 5) is 12.2. The molecule has 21 heavy (non-hydrogen) atoms. The lowest BCUT2D eigenvalue weighted by atomic mass is 10.1. The Balaban J connectivity index is 1.69. The lowest BCUT2D eigenvalue weighted by Crippen LogP contribution is -2.31. The molecule has 1 aliphatic heterocycles. The molecule has 2 aromatic carbocycles. The third-order valence-electron chi connectivity index (χ3n) is 3.36. The number of hydrogen-bond acceptors (Lipinski definition) is 3. The molecule has 0 aromatic heterocycles. The Hall–Kier alpha value is -2.20. The summed E-state index contributed by atoms with van der Waals surface area (Å²) >= 11 is 6.04. The van der Waals surface area contributed by atoms with Crippen molar-refractivity contribution < 1.29 is 14.3 Å². The summed E-state index contributed by atoms with van der Waals surface area (Å²) in [5.41, 5.74) is 1.66. The highest BCUT2D eigenvalue weighted by Crippen LogP contribution is 2.30. The van der Waals surface area contributed by atoms with Crippen molar-refractivity contribution in [2.45, 2.75) is 12.5 Å².